The smallest absolute Gasteiger partial charge is 0.319 e. The summed E-state index contributed by atoms with van der Waals surface area (Å²) in [5.74, 6) is 0.673. The van der Waals surface area contributed by atoms with Gasteiger partial charge in [0.1, 0.15) is 0 Å². The van der Waals surface area contributed by atoms with E-state index in [1.165, 1.54) is 0 Å². The first-order chi connectivity index (χ1) is 11.6. The summed E-state index contributed by atoms with van der Waals surface area (Å²) in [5.41, 5.74) is 2.54. The Morgan fingerprint density at radius 3 is 2.58 bits per heavy atom. The number of hydrogen-bond donors (Lipinski definition) is 2. The number of thiazole rings is 1. The predicted molar refractivity (Wildman–Crippen MR) is 94.9 cm³/mol. The second-order valence-electron chi connectivity index (χ2n) is 5.25. The molecule has 3 rings (SSSR count). The Balaban J connectivity index is 1.58. The van der Waals surface area contributed by atoms with Gasteiger partial charge < -0.3 is 10.6 Å². The number of rotatable bonds is 4. The highest BCUT2D eigenvalue weighted by Crippen LogP contribution is 2.18. The summed E-state index contributed by atoms with van der Waals surface area (Å²) in [4.78, 5) is 25.7. The molecule has 0 saturated heterocycles. The fraction of sp³-hybridized carbons (Fsp3) is 0.176. The lowest BCUT2D eigenvalue weighted by atomic mass is 10.2. The monoisotopic (exact) mass is 339 g/mol. The maximum absolute atomic E-state index is 11.9. The van der Waals surface area contributed by atoms with Gasteiger partial charge in [0, 0.05) is 34.2 Å². The Kier molecular flexibility index (Phi) is 4.81. The number of aromatic nitrogens is 3. The third-order valence-electron chi connectivity index (χ3n) is 3.29. The molecule has 0 aliphatic rings. The van der Waals surface area contributed by atoms with Gasteiger partial charge in [0.05, 0.1) is 11.6 Å². The van der Waals surface area contributed by atoms with Crippen LogP contribution < -0.4 is 10.6 Å². The second-order valence-corrected chi connectivity index (χ2v) is 6.57. The molecule has 0 aliphatic heterocycles. The molecule has 2 N–H and O–H groups in total. The Morgan fingerprint density at radius 2 is 1.92 bits per heavy atom. The first kappa shape index (κ1) is 16.1. The summed E-state index contributed by atoms with van der Waals surface area (Å²) < 4.78 is 0. The molecule has 0 aliphatic carbocycles. The predicted octanol–water partition coefficient (Wildman–Crippen LogP) is 3.54. The van der Waals surface area contributed by atoms with Crippen LogP contribution in [0.15, 0.2) is 42.7 Å². The van der Waals surface area contributed by atoms with E-state index in [0.29, 0.717) is 18.1 Å². The van der Waals surface area contributed by atoms with E-state index < -0.39 is 0 Å². The lowest BCUT2D eigenvalue weighted by Crippen LogP contribution is -2.27. The van der Waals surface area contributed by atoms with Gasteiger partial charge in [-0.1, -0.05) is 0 Å². The Bertz CT molecular complexity index is 844. The van der Waals surface area contributed by atoms with E-state index in [-0.39, 0.29) is 6.03 Å². The molecule has 1 aromatic carbocycles. The molecule has 0 unspecified atom stereocenters. The molecule has 6 nitrogen and oxygen atoms in total. The van der Waals surface area contributed by atoms with Crippen LogP contribution in [0.5, 0.6) is 0 Å². The number of anilines is 1. The Morgan fingerprint density at radius 1 is 1.12 bits per heavy atom. The quantitative estimate of drug-likeness (QED) is 0.762. The number of carbonyl (C=O) groups excluding carboxylic acids is 1. The number of nitrogens with zero attached hydrogens (tertiary/aromatic N) is 3. The second kappa shape index (κ2) is 7.18. The van der Waals surface area contributed by atoms with Crippen molar-refractivity contribution in [2.75, 3.05) is 5.32 Å². The van der Waals surface area contributed by atoms with Crippen molar-refractivity contribution < 1.29 is 4.79 Å². The van der Waals surface area contributed by atoms with Crippen LogP contribution in [0, 0.1) is 13.8 Å². The number of benzene rings is 1. The van der Waals surface area contributed by atoms with Crippen molar-refractivity contribution in [1.82, 2.24) is 20.3 Å². The summed E-state index contributed by atoms with van der Waals surface area (Å²) in [6.45, 7) is 4.33. The average Bonchev–Trinajstić information content (AvgIpc) is 2.99. The fourth-order valence-corrected chi connectivity index (χ4v) is 2.85. The third kappa shape index (κ3) is 4.14. The van der Waals surface area contributed by atoms with Gasteiger partial charge >= 0.3 is 6.03 Å². The summed E-state index contributed by atoms with van der Waals surface area (Å²) in [6.07, 6.45) is 3.51. The summed E-state index contributed by atoms with van der Waals surface area (Å²) >= 11 is 1.57. The van der Waals surface area contributed by atoms with Crippen LogP contribution >= 0.6 is 11.3 Å². The van der Waals surface area contributed by atoms with Gasteiger partial charge in [-0.2, -0.15) is 0 Å². The van der Waals surface area contributed by atoms with Crippen molar-refractivity contribution >= 4 is 23.1 Å². The minimum absolute atomic E-state index is 0.249. The number of hydrogen-bond acceptors (Lipinski definition) is 5. The first-order valence-corrected chi connectivity index (χ1v) is 8.28. The van der Waals surface area contributed by atoms with Gasteiger partial charge in [-0.25, -0.2) is 19.7 Å². The summed E-state index contributed by atoms with van der Waals surface area (Å²) in [5, 5.41) is 6.60. The zero-order valence-corrected chi connectivity index (χ0v) is 14.2. The lowest BCUT2D eigenvalue weighted by molar-refractivity contribution is 0.252. The zero-order valence-electron chi connectivity index (χ0n) is 13.4. The zero-order chi connectivity index (χ0) is 16.9. The molecule has 2 amide bonds. The first-order valence-electron chi connectivity index (χ1n) is 7.46. The Hall–Kier alpha value is -2.80. The van der Waals surface area contributed by atoms with Crippen molar-refractivity contribution in [3.63, 3.8) is 0 Å². The normalized spacial score (nSPS) is 10.4. The van der Waals surface area contributed by atoms with E-state index in [0.717, 1.165) is 21.1 Å². The van der Waals surface area contributed by atoms with E-state index >= 15 is 0 Å². The minimum atomic E-state index is -0.249. The molecular formula is C17H17N5OS. The number of carbonyl (C=O) groups is 1. The highest BCUT2D eigenvalue weighted by atomic mass is 32.1. The van der Waals surface area contributed by atoms with Crippen LogP contribution in [0.25, 0.3) is 11.4 Å². The van der Waals surface area contributed by atoms with E-state index in [1.54, 1.807) is 23.7 Å². The van der Waals surface area contributed by atoms with E-state index in [2.05, 4.69) is 25.6 Å². The van der Waals surface area contributed by atoms with Crippen molar-refractivity contribution in [2.24, 2.45) is 0 Å². The largest absolute Gasteiger partial charge is 0.333 e. The van der Waals surface area contributed by atoms with Crippen LogP contribution in [0.1, 0.15) is 15.6 Å². The SMILES string of the molecule is Cc1ccnc(-c2ccc(NC(=O)NCc3cnc(C)s3)cc2)n1. The van der Waals surface area contributed by atoms with Crippen molar-refractivity contribution in [3.05, 3.63) is 58.3 Å². The average molecular weight is 339 g/mol. The molecule has 0 spiro atoms. The maximum Gasteiger partial charge on any atom is 0.319 e. The standard InChI is InChI=1S/C17H17N5OS/c1-11-7-8-18-16(21-11)13-3-5-14(6-4-13)22-17(23)20-10-15-9-19-12(2)24-15/h3-9H,10H2,1-2H3,(H2,20,22,23). The Labute approximate surface area is 144 Å². The molecule has 3 aromatic rings. The number of nitrogens with one attached hydrogen (secondary N) is 2. The molecule has 0 saturated carbocycles. The van der Waals surface area contributed by atoms with Crippen LogP contribution in [0.4, 0.5) is 10.5 Å². The van der Waals surface area contributed by atoms with Crippen molar-refractivity contribution in [1.29, 1.82) is 0 Å². The van der Waals surface area contributed by atoms with Gasteiger partial charge in [-0.05, 0) is 44.2 Å². The number of urea groups is 1. The van der Waals surface area contributed by atoms with Gasteiger partial charge in [-0.15, -0.1) is 11.3 Å². The highest BCUT2D eigenvalue weighted by molar-refractivity contribution is 7.11. The molecule has 0 bridgehead atoms. The molecule has 2 heterocycles. The topological polar surface area (TPSA) is 79.8 Å². The van der Waals surface area contributed by atoms with Crippen LogP contribution in [-0.4, -0.2) is 21.0 Å². The number of amides is 2. The summed E-state index contributed by atoms with van der Waals surface area (Å²) in [6, 6.07) is 9.04. The highest BCUT2D eigenvalue weighted by Gasteiger charge is 2.05. The minimum Gasteiger partial charge on any atom is -0.333 e. The van der Waals surface area contributed by atoms with Gasteiger partial charge in [0.25, 0.3) is 0 Å². The van der Waals surface area contributed by atoms with E-state index in [9.17, 15) is 4.79 Å². The van der Waals surface area contributed by atoms with Crippen LogP contribution in [-0.2, 0) is 6.54 Å². The molecule has 0 fully saturated rings. The van der Waals surface area contributed by atoms with Crippen molar-refractivity contribution in [3.8, 4) is 11.4 Å². The van der Waals surface area contributed by atoms with E-state index in [1.807, 2.05) is 44.2 Å². The third-order valence-corrected chi connectivity index (χ3v) is 4.20. The van der Waals surface area contributed by atoms with Gasteiger partial charge in [0.15, 0.2) is 5.82 Å². The van der Waals surface area contributed by atoms with E-state index in [4.69, 9.17) is 0 Å². The molecule has 24 heavy (non-hydrogen) atoms. The van der Waals surface area contributed by atoms with Gasteiger partial charge in [0.2, 0.25) is 0 Å². The number of aryl methyl sites for hydroxylation is 2. The molecule has 0 atom stereocenters. The van der Waals surface area contributed by atoms with Crippen LogP contribution in [0.2, 0.25) is 0 Å². The molecule has 0 radical (unpaired) electrons. The van der Waals surface area contributed by atoms with Crippen molar-refractivity contribution in [2.45, 2.75) is 20.4 Å². The van der Waals surface area contributed by atoms with Crippen LogP contribution in [0.3, 0.4) is 0 Å². The summed E-state index contributed by atoms with van der Waals surface area (Å²) in [7, 11) is 0. The lowest BCUT2D eigenvalue weighted by Gasteiger charge is -2.07. The maximum atomic E-state index is 11.9. The van der Waals surface area contributed by atoms with Gasteiger partial charge in [-0.3, -0.25) is 0 Å². The molecule has 2 aromatic heterocycles. The molecular weight excluding hydrogens is 322 g/mol. The fourth-order valence-electron chi connectivity index (χ4n) is 2.12. The molecule has 122 valence electrons. The molecule has 7 heteroatoms.